The van der Waals surface area contributed by atoms with E-state index in [9.17, 15) is 0 Å². The summed E-state index contributed by atoms with van der Waals surface area (Å²) < 4.78 is 0. The Morgan fingerprint density at radius 1 is 1.16 bits per heavy atom. The lowest BCUT2D eigenvalue weighted by Gasteiger charge is -2.21. The number of nitrogens with zero attached hydrogens (tertiary/aromatic N) is 4. The van der Waals surface area contributed by atoms with Crippen molar-refractivity contribution in [2.75, 3.05) is 38.1 Å². The highest BCUT2D eigenvalue weighted by Crippen LogP contribution is 2.12. The van der Waals surface area contributed by atoms with Gasteiger partial charge in [-0.1, -0.05) is 13.8 Å². The largest absolute Gasteiger partial charge is 0.354 e. The molecule has 1 saturated heterocycles. The molecule has 0 atom stereocenters. The highest BCUT2D eigenvalue weighted by atomic mass is 15.3. The fourth-order valence-corrected chi connectivity index (χ4v) is 2.20. The molecule has 5 nitrogen and oxygen atoms in total. The first-order chi connectivity index (χ1) is 9.15. The molecule has 0 spiro atoms. The second-order valence-electron chi connectivity index (χ2n) is 5.56. The second kappa shape index (κ2) is 6.82. The van der Waals surface area contributed by atoms with Crippen molar-refractivity contribution in [2.45, 2.75) is 32.9 Å². The molecule has 1 aromatic rings. The van der Waals surface area contributed by atoms with Gasteiger partial charge in [0.05, 0.1) is 5.69 Å². The zero-order chi connectivity index (χ0) is 13.7. The Morgan fingerprint density at radius 3 is 2.68 bits per heavy atom. The normalized spacial score (nSPS) is 17.8. The molecule has 0 aliphatic carbocycles. The molecular formula is C14H25N5. The minimum atomic E-state index is 0.475. The maximum absolute atomic E-state index is 4.36. The van der Waals surface area contributed by atoms with Gasteiger partial charge in [0.1, 0.15) is 0 Å². The van der Waals surface area contributed by atoms with Crippen LogP contribution in [0.5, 0.6) is 0 Å². The average molecular weight is 263 g/mol. The average Bonchev–Trinajstić information content (AvgIpc) is 2.62. The number of rotatable bonds is 4. The van der Waals surface area contributed by atoms with E-state index in [1.807, 2.05) is 0 Å². The SMILES string of the molecule is CC(C)NCc1ccc(N2CCCN(C)CC2)nn1. The first-order valence-electron chi connectivity index (χ1n) is 7.14. The fraction of sp³-hybridized carbons (Fsp3) is 0.714. The standard InChI is InChI=1S/C14H25N5/c1-12(2)15-11-13-5-6-14(17-16-13)19-8-4-7-18(3)9-10-19/h5-6,12,15H,4,7-11H2,1-3H3. The van der Waals surface area contributed by atoms with Crippen LogP contribution < -0.4 is 10.2 Å². The van der Waals surface area contributed by atoms with Gasteiger partial charge < -0.3 is 15.1 Å². The number of anilines is 1. The zero-order valence-electron chi connectivity index (χ0n) is 12.3. The summed E-state index contributed by atoms with van der Waals surface area (Å²) in [5.74, 6) is 1.00. The topological polar surface area (TPSA) is 44.3 Å². The Balaban J connectivity index is 1.93. The molecule has 0 aromatic carbocycles. The van der Waals surface area contributed by atoms with Crippen LogP contribution in [0.1, 0.15) is 26.0 Å². The molecule has 19 heavy (non-hydrogen) atoms. The third-order valence-corrected chi connectivity index (χ3v) is 3.44. The summed E-state index contributed by atoms with van der Waals surface area (Å²) in [4.78, 5) is 4.70. The summed E-state index contributed by atoms with van der Waals surface area (Å²) in [5, 5.41) is 12.0. The Bertz CT molecular complexity index is 376. The Labute approximate surface area is 116 Å². The molecule has 0 saturated carbocycles. The van der Waals surface area contributed by atoms with Gasteiger partial charge in [0.15, 0.2) is 5.82 Å². The van der Waals surface area contributed by atoms with Crippen molar-refractivity contribution in [3.05, 3.63) is 17.8 Å². The minimum Gasteiger partial charge on any atom is -0.354 e. The van der Waals surface area contributed by atoms with Crippen molar-refractivity contribution in [2.24, 2.45) is 0 Å². The summed E-state index contributed by atoms with van der Waals surface area (Å²) in [7, 11) is 2.18. The van der Waals surface area contributed by atoms with E-state index < -0.39 is 0 Å². The highest BCUT2D eigenvalue weighted by Gasteiger charge is 2.13. The number of hydrogen-bond donors (Lipinski definition) is 1. The summed E-state index contributed by atoms with van der Waals surface area (Å²) in [6.45, 7) is 9.43. The van der Waals surface area contributed by atoms with E-state index in [2.05, 4.69) is 58.3 Å². The first kappa shape index (κ1) is 14.2. The van der Waals surface area contributed by atoms with Crippen LogP contribution in [-0.2, 0) is 6.54 Å². The molecule has 1 aromatic heterocycles. The maximum Gasteiger partial charge on any atom is 0.151 e. The van der Waals surface area contributed by atoms with E-state index in [-0.39, 0.29) is 0 Å². The molecule has 0 unspecified atom stereocenters. The van der Waals surface area contributed by atoms with Crippen LogP contribution in [0.15, 0.2) is 12.1 Å². The van der Waals surface area contributed by atoms with Gasteiger partial charge in [-0.3, -0.25) is 0 Å². The predicted molar refractivity (Wildman–Crippen MR) is 78.3 cm³/mol. The Hall–Kier alpha value is -1.20. The molecular weight excluding hydrogens is 238 g/mol. The van der Waals surface area contributed by atoms with Crippen LogP contribution in [0, 0.1) is 0 Å². The van der Waals surface area contributed by atoms with Crippen molar-refractivity contribution in [1.29, 1.82) is 0 Å². The summed E-state index contributed by atoms with van der Waals surface area (Å²) in [5.41, 5.74) is 1.00. The van der Waals surface area contributed by atoms with Crippen molar-refractivity contribution >= 4 is 5.82 Å². The van der Waals surface area contributed by atoms with Crippen molar-refractivity contribution in [3.8, 4) is 0 Å². The highest BCUT2D eigenvalue weighted by molar-refractivity contribution is 5.37. The lowest BCUT2D eigenvalue weighted by molar-refractivity contribution is 0.360. The molecule has 2 heterocycles. The number of likely N-dealkylation sites (N-methyl/N-ethyl adjacent to an activating group) is 1. The second-order valence-corrected chi connectivity index (χ2v) is 5.56. The van der Waals surface area contributed by atoms with Crippen molar-refractivity contribution in [1.82, 2.24) is 20.4 Å². The third-order valence-electron chi connectivity index (χ3n) is 3.44. The fourth-order valence-electron chi connectivity index (χ4n) is 2.20. The lowest BCUT2D eigenvalue weighted by Crippen LogP contribution is -2.29. The summed E-state index contributed by atoms with van der Waals surface area (Å²) in [6.07, 6.45) is 1.19. The maximum atomic E-state index is 4.36. The van der Waals surface area contributed by atoms with Gasteiger partial charge in [0.25, 0.3) is 0 Å². The van der Waals surface area contributed by atoms with Crippen LogP contribution in [0.25, 0.3) is 0 Å². The van der Waals surface area contributed by atoms with Crippen LogP contribution in [0.2, 0.25) is 0 Å². The number of nitrogens with one attached hydrogen (secondary N) is 1. The molecule has 0 bridgehead atoms. The van der Waals surface area contributed by atoms with Gasteiger partial charge in [-0.25, -0.2) is 0 Å². The van der Waals surface area contributed by atoms with E-state index in [0.29, 0.717) is 6.04 Å². The molecule has 1 N–H and O–H groups in total. The van der Waals surface area contributed by atoms with E-state index in [1.54, 1.807) is 0 Å². The van der Waals surface area contributed by atoms with Crippen molar-refractivity contribution < 1.29 is 0 Å². The molecule has 1 aliphatic heterocycles. The van der Waals surface area contributed by atoms with E-state index in [0.717, 1.165) is 37.7 Å². The van der Waals surface area contributed by atoms with Gasteiger partial charge in [-0.15, -0.1) is 5.10 Å². The smallest absolute Gasteiger partial charge is 0.151 e. The quantitative estimate of drug-likeness (QED) is 0.882. The van der Waals surface area contributed by atoms with Crippen molar-refractivity contribution in [3.63, 3.8) is 0 Å². The predicted octanol–water partition coefficient (Wildman–Crippen LogP) is 1.12. The van der Waals surface area contributed by atoms with Crippen LogP contribution in [0.4, 0.5) is 5.82 Å². The first-order valence-corrected chi connectivity index (χ1v) is 7.14. The Kier molecular flexibility index (Phi) is 5.10. The molecule has 2 rings (SSSR count). The zero-order valence-corrected chi connectivity index (χ0v) is 12.3. The molecule has 5 heteroatoms. The van der Waals surface area contributed by atoms with Crippen LogP contribution in [-0.4, -0.2) is 54.4 Å². The molecule has 0 radical (unpaired) electrons. The van der Waals surface area contributed by atoms with Gasteiger partial charge in [0.2, 0.25) is 0 Å². The van der Waals surface area contributed by atoms with Crippen LogP contribution in [0.3, 0.4) is 0 Å². The lowest BCUT2D eigenvalue weighted by atomic mass is 10.3. The van der Waals surface area contributed by atoms with Gasteiger partial charge in [-0.05, 0) is 32.1 Å². The molecule has 106 valence electrons. The summed E-state index contributed by atoms with van der Waals surface area (Å²) in [6, 6.07) is 4.64. The number of aromatic nitrogens is 2. The molecule has 0 amide bonds. The molecule has 1 fully saturated rings. The third kappa shape index (κ3) is 4.44. The number of hydrogen-bond acceptors (Lipinski definition) is 5. The van der Waals surface area contributed by atoms with Gasteiger partial charge in [-0.2, -0.15) is 5.10 Å². The van der Waals surface area contributed by atoms with Gasteiger partial charge >= 0.3 is 0 Å². The monoisotopic (exact) mass is 263 g/mol. The van der Waals surface area contributed by atoms with Crippen LogP contribution >= 0.6 is 0 Å². The minimum absolute atomic E-state index is 0.475. The van der Waals surface area contributed by atoms with E-state index in [4.69, 9.17) is 0 Å². The van der Waals surface area contributed by atoms with Gasteiger partial charge in [0, 0.05) is 32.2 Å². The van der Waals surface area contributed by atoms with E-state index in [1.165, 1.54) is 13.0 Å². The summed E-state index contributed by atoms with van der Waals surface area (Å²) >= 11 is 0. The molecule has 1 aliphatic rings. The van der Waals surface area contributed by atoms with E-state index >= 15 is 0 Å². The Morgan fingerprint density at radius 2 is 2.00 bits per heavy atom.